The van der Waals surface area contributed by atoms with Crippen LogP contribution in [0.4, 0.5) is 5.82 Å². The summed E-state index contributed by atoms with van der Waals surface area (Å²) < 4.78 is 0. The predicted octanol–water partition coefficient (Wildman–Crippen LogP) is 3.47. The van der Waals surface area contributed by atoms with E-state index in [1.54, 1.807) is 11.3 Å². The topological polar surface area (TPSA) is 53.1 Å². The van der Waals surface area contributed by atoms with E-state index in [1.807, 2.05) is 44.4 Å². The van der Waals surface area contributed by atoms with Crippen molar-refractivity contribution in [3.8, 4) is 10.4 Å². The number of fused-ring (bicyclic) bond motifs is 1. The standard InChI is InChI=1S/C20H21N5S/c1-21-18-8-5-14(11-22-18)16-7-4-13-10-17(26-20(13)24-16)15-6-9-19(23-12-15)25(2)3/h4-10,12,21-22H,11H2,1-3H3. The number of thiophene rings is 1. The smallest absolute Gasteiger partial charge is 0.127 e. The summed E-state index contributed by atoms with van der Waals surface area (Å²) in [6.07, 6.45) is 6.09. The minimum Gasteiger partial charge on any atom is -0.375 e. The maximum atomic E-state index is 4.87. The first-order valence-corrected chi connectivity index (χ1v) is 9.33. The largest absolute Gasteiger partial charge is 0.375 e. The molecule has 0 atom stereocenters. The van der Waals surface area contributed by atoms with Gasteiger partial charge in [-0.1, -0.05) is 6.08 Å². The van der Waals surface area contributed by atoms with Crippen molar-refractivity contribution in [3.63, 3.8) is 0 Å². The van der Waals surface area contributed by atoms with Gasteiger partial charge in [-0.2, -0.15) is 0 Å². The first-order valence-electron chi connectivity index (χ1n) is 8.51. The van der Waals surface area contributed by atoms with Crippen molar-refractivity contribution in [1.82, 2.24) is 20.6 Å². The molecule has 0 amide bonds. The van der Waals surface area contributed by atoms with Crippen molar-refractivity contribution in [2.24, 2.45) is 0 Å². The summed E-state index contributed by atoms with van der Waals surface area (Å²) in [5.41, 5.74) is 3.34. The Morgan fingerprint density at radius 2 is 2.04 bits per heavy atom. The zero-order valence-corrected chi connectivity index (χ0v) is 15.9. The van der Waals surface area contributed by atoms with Crippen LogP contribution in [0.1, 0.15) is 5.69 Å². The molecule has 0 aliphatic carbocycles. The number of allylic oxidation sites excluding steroid dienone is 2. The molecule has 0 fully saturated rings. The van der Waals surface area contributed by atoms with Crippen molar-refractivity contribution in [2.75, 3.05) is 32.6 Å². The molecule has 0 saturated heterocycles. The monoisotopic (exact) mass is 363 g/mol. The molecule has 0 saturated carbocycles. The van der Waals surface area contributed by atoms with E-state index in [9.17, 15) is 0 Å². The minimum absolute atomic E-state index is 0.777. The molecule has 6 heteroatoms. The number of nitrogens with zero attached hydrogens (tertiary/aromatic N) is 3. The van der Waals surface area contributed by atoms with Gasteiger partial charge in [-0.05, 0) is 42.0 Å². The third-order valence-electron chi connectivity index (χ3n) is 4.39. The summed E-state index contributed by atoms with van der Waals surface area (Å²) in [7, 11) is 5.90. The molecule has 4 rings (SSSR count). The molecule has 4 heterocycles. The molecular weight excluding hydrogens is 342 g/mol. The van der Waals surface area contributed by atoms with E-state index in [0.29, 0.717) is 0 Å². The summed E-state index contributed by atoms with van der Waals surface area (Å²) in [5, 5.41) is 7.63. The highest BCUT2D eigenvalue weighted by molar-refractivity contribution is 7.21. The summed E-state index contributed by atoms with van der Waals surface area (Å²) in [6.45, 7) is 0.777. The average Bonchev–Trinajstić information content (AvgIpc) is 3.11. The molecule has 0 radical (unpaired) electrons. The van der Waals surface area contributed by atoms with Crippen LogP contribution in [0.2, 0.25) is 0 Å². The number of anilines is 1. The third kappa shape index (κ3) is 3.15. The molecule has 0 spiro atoms. The highest BCUT2D eigenvalue weighted by atomic mass is 32.1. The van der Waals surface area contributed by atoms with E-state index in [0.717, 1.165) is 34.3 Å². The number of rotatable bonds is 4. The van der Waals surface area contributed by atoms with Crippen LogP contribution in [0.5, 0.6) is 0 Å². The van der Waals surface area contributed by atoms with Gasteiger partial charge in [-0.15, -0.1) is 11.3 Å². The van der Waals surface area contributed by atoms with Gasteiger partial charge in [-0.3, -0.25) is 0 Å². The third-order valence-corrected chi connectivity index (χ3v) is 5.49. The van der Waals surface area contributed by atoms with Crippen molar-refractivity contribution >= 4 is 32.9 Å². The van der Waals surface area contributed by atoms with Crippen molar-refractivity contribution in [1.29, 1.82) is 0 Å². The lowest BCUT2D eigenvalue weighted by molar-refractivity contribution is 0.791. The molecular formula is C20H21N5S. The van der Waals surface area contributed by atoms with Crippen molar-refractivity contribution in [3.05, 3.63) is 60.2 Å². The molecule has 0 unspecified atom stereocenters. The average molecular weight is 363 g/mol. The molecule has 3 aromatic rings. The first-order chi connectivity index (χ1) is 12.6. The highest BCUT2D eigenvalue weighted by Gasteiger charge is 2.11. The zero-order chi connectivity index (χ0) is 18.1. The lowest BCUT2D eigenvalue weighted by Crippen LogP contribution is -2.27. The Morgan fingerprint density at radius 1 is 1.15 bits per heavy atom. The molecule has 26 heavy (non-hydrogen) atoms. The van der Waals surface area contributed by atoms with Crippen LogP contribution in [-0.2, 0) is 0 Å². The van der Waals surface area contributed by atoms with Gasteiger partial charge in [0.25, 0.3) is 0 Å². The van der Waals surface area contributed by atoms with Gasteiger partial charge in [-0.25, -0.2) is 9.97 Å². The van der Waals surface area contributed by atoms with Gasteiger partial charge in [0.15, 0.2) is 0 Å². The lowest BCUT2D eigenvalue weighted by Gasteiger charge is -2.16. The Morgan fingerprint density at radius 3 is 2.69 bits per heavy atom. The Bertz CT molecular complexity index is 999. The van der Waals surface area contributed by atoms with Gasteiger partial charge in [0.05, 0.1) is 11.5 Å². The van der Waals surface area contributed by atoms with Gasteiger partial charge in [0.1, 0.15) is 10.6 Å². The second kappa shape index (κ2) is 6.80. The van der Waals surface area contributed by atoms with E-state index < -0.39 is 0 Å². The van der Waals surface area contributed by atoms with Crippen LogP contribution < -0.4 is 15.5 Å². The van der Waals surface area contributed by atoms with Crippen LogP contribution in [0.25, 0.3) is 26.2 Å². The maximum absolute atomic E-state index is 4.87. The Balaban J connectivity index is 1.66. The van der Waals surface area contributed by atoms with Gasteiger partial charge in [0.2, 0.25) is 0 Å². The van der Waals surface area contributed by atoms with E-state index in [4.69, 9.17) is 4.98 Å². The highest BCUT2D eigenvalue weighted by Crippen LogP contribution is 2.33. The molecule has 1 aliphatic rings. The Kier molecular flexibility index (Phi) is 4.34. The van der Waals surface area contributed by atoms with Crippen LogP contribution >= 0.6 is 11.3 Å². The summed E-state index contributed by atoms with van der Waals surface area (Å²) >= 11 is 1.71. The number of nitrogens with one attached hydrogen (secondary N) is 2. The second-order valence-electron chi connectivity index (χ2n) is 6.38. The lowest BCUT2D eigenvalue weighted by atomic mass is 10.1. The Hall–Kier alpha value is -2.86. The van der Waals surface area contributed by atoms with Crippen molar-refractivity contribution in [2.45, 2.75) is 0 Å². The van der Waals surface area contributed by atoms with Gasteiger partial charge >= 0.3 is 0 Å². The quantitative estimate of drug-likeness (QED) is 0.743. The fourth-order valence-electron chi connectivity index (χ4n) is 2.88. The number of hydrogen-bond acceptors (Lipinski definition) is 6. The fourth-order valence-corrected chi connectivity index (χ4v) is 3.90. The molecule has 132 valence electrons. The van der Waals surface area contributed by atoms with Crippen LogP contribution in [-0.4, -0.2) is 37.7 Å². The molecule has 1 aliphatic heterocycles. The van der Waals surface area contributed by atoms with Crippen molar-refractivity contribution < 1.29 is 0 Å². The molecule has 2 N–H and O–H groups in total. The molecule has 3 aromatic heterocycles. The molecule has 0 aromatic carbocycles. The summed E-state index contributed by atoms with van der Waals surface area (Å²) in [6, 6.07) is 10.6. The summed E-state index contributed by atoms with van der Waals surface area (Å²) in [4.78, 5) is 13.6. The number of pyridine rings is 2. The normalized spacial score (nSPS) is 13.8. The van der Waals surface area contributed by atoms with Gasteiger partial charge < -0.3 is 15.5 Å². The van der Waals surface area contributed by atoms with Gasteiger partial charge in [0, 0.05) is 49.7 Å². The SMILES string of the molecule is CNC1=CC=C(c2ccc3cc(-c4ccc(N(C)C)nc4)sc3n2)CN1. The fraction of sp³-hybridized carbons (Fsp3) is 0.200. The van der Waals surface area contributed by atoms with Crippen LogP contribution in [0.3, 0.4) is 0 Å². The number of hydrogen-bond donors (Lipinski definition) is 2. The van der Waals surface area contributed by atoms with Crippen LogP contribution in [0.15, 0.2) is 54.5 Å². The number of aromatic nitrogens is 2. The van der Waals surface area contributed by atoms with E-state index in [1.165, 1.54) is 15.8 Å². The number of dihydropyridines is 1. The van der Waals surface area contributed by atoms with E-state index in [-0.39, 0.29) is 0 Å². The zero-order valence-electron chi connectivity index (χ0n) is 15.1. The van der Waals surface area contributed by atoms with E-state index in [2.05, 4.69) is 46.0 Å². The molecule has 0 bridgehead atoms. The first kappa shape index (κ1) is 16.6. The molecule has 5 nitrogen and oxygen atoms in total. The minimum atomic E-state index is 0.777. The van der Waals surface area contributed by atoms with E-state index >= 15 is 0 Å². The maximum Gasteiger partial charge on any atom is 0.127 e. The van der Waals surface area contributed by atoms with Crippen LogP contribution in [0, 0.1) is 0 Å². The predicted molar refractivity (Wildman–Crippen MR) is 110 cm³/mol. The Labute approximate surface area is 157 Å². The second-order valence-corrected chi connectivity index (χ2v) is 7.41. The summed E-state index contributed by atoms with van der Waals surface area (Å²) in [5.74, 6) is 1.99.